The Labute approximate surface area is 161 Å². The smallest absolute Gasteiger partial charge is 0.225 e. The van der Waals surface area contributed by atoms with Gasteiger partial charge in [0.2, 0.25) is 5.95 Å². The molecule has 1 aromatic carbocycles. The highest BCUT2D eigenvalue weighted by Gasteiger charge is 2.18. The summed E-state index contributed by atoms with van der Waals surface area (Å²) in [6, 6.07) is 8.60. The van der Waals surface area contributed by atoms with Gasteiger partial charge in [0.25, 0.3) is 0 Å². The lowest BCUT2D eigenvalue weighted by atomic mass is 10.00. The van der Waals surface area contributed by atoms with Gasteiger partial charge in [-0.25, -0.2) is 9.97 Å². The number of anilines is 1. The third-order valence-electron chi connectivity index (χ3n) is 5.47. The van der Waals surface area contributed by atoms with Crippen LogP contribution < -0.4 is 10.2 Å². The molecule has 144 valence electrons. The maximum absolute atomic E-state index is 10.4. The van der Waals surface area contributed by atoms with Crippen LogP contribution >= 0.6 is 0 Å². The molecule has 2 aromatic rings. The van der Waals surface area contributed by atoms with Crippen LogP contribution in [0.25, 0.3) is 0 Å². The molecule has 6 nitrogen and oxygen atoms in total. The highest BCUT2D eigenvalue weighted by molar-refractivity contribution is 5.31. The van der Waals surface area contributed by atoms with Crippen molar-refractivity contribution in [1.29, 1.82) is 0 Å². The van der Waals surface area contributed by atoms with Crippen molar-refractivity contribution in [3.05, 3.63) is 53.3 Å². The molecule has 1 aromatic heterocycles. The molecule has 4 rings (SSSR count). The Morgan fingerprint density at radius 3 is 2.56 bits per heavy atom. The van der Waals surface area contributed by atoms with E-state index >= 15 is 0 Å². The molecule has 0 saturated carbocycles. The molecule has 1 saturated heterocycles. The molecule has 27 heavy (non-hydrogen) atoms. The van der Waals surface area contributed by atoms with E-state index in [0.29, 0.717) is 19.6 Å². The van der Waals surface area contributed by atoms with Crippen molar-refractivity contribution in [2.24, 2.45) is 0 Å². The van der Waals surface area contributed by atoms with Gasteiger partial charge in [0.15, 0.2) is 0 Å². The Balaban J connectivity index is 1.19. The molecule has 2 N–H and O–H groups in total. The molecule has 0 aliphatic carbocycles. The number of β-amino-alcohol motifs (C(OH)–C–C–N with tert-alkyl or cyclic N) is 1. The van der Waals surface area contributed by atoms with E-state index in [1.165, 1.54) is 24.0 Å². The summed E-state index contributed by atoms with van der Waals surface area (Å²) in [4.78, 5) is 13.5. The van der Waals surface area contributed by atoms with Gasteiger partial charge in [-0.3, -0.25) is 4.90 Å². The van der Waals surface area contributed by atoms with Gasteiger partial charge in [-0.05, 0) is 30.4 Å². The highest BCUT2D eigenvalue weighted by atomic mass is 16.3. The quantitative estimate of drug-likeness (QED) is 0.775. The largest absolute Gasteiger partial charge is 0.390 e. The van der Waals surface area contributed by atoms with Crippen LogP contribution in [-0.4, -0.2) is 58.8 Å². The van der Waals surface area contributed by atoms with E-state index in [0.717, 1.165) is 44.1 Å². The molecule has 2 aliphatic rings. The first-order valence-corrected chi connectivity index (χ1v) is 10.0. The van der Waals surface area contributed by atoms with Crippen LogP contribution in [0.3, 0.4) is 0 Å². The lowest BCUT2D eigenvalue weighted by Gasteiger charge is -2.30. The van der Waals surface area contributed by atoms with Gasteiger partial charge < -0.3 is 15.3 Å². The average Bonchev–Trinajstić information content (AvgIpc) is 3.23. The molecule has 0 amide bonds. The number of benzene rings is 1. The van der Waals surface area contributed by atoms with Gasteiger partial charge in [-0.1, -0.05) is 24.3 Å². The maximum atomic E-state index is 10.4. The van der Waals surface area contributed by atoms with E-state index in [1.807, 2.05) is 12.4 Å². The van der Waals surface area contributed by atoms with Crippen molar-refractivity contribution in [2.75, 3.05) is 37.6 Å². The van der Waals surface area contributed by atoms with E-state index in [2.05, 4.69) is 49.4 Å². The van der Waals surface area contributed by atoms with Crippen molar-refractivity contribution in [3.63, 3.8) is 0 Å². The predicted molar refractivity (Wildman–Crippen MR) is 107 cm³/mol. The fraction of sp³-hybridized carbons (Fsp3) is 0.524. The fourth-order valence-electron chi connectivity index (χ4n) is 3.98. The number of aromatic nitrogens is 2. The second-order valence-electron chi connectivity index (χ2n) is 7.62. The molecular formula is C21H29N5O. The molecule has 3 heterocycles. The molecule has 2 aliphatic heterocycles. The number of rotatable bonds is 7. The number of nitrogens with one attached hydrogen (secondary N) is 1. The zero-order valence-corrected chi connectivity index (χ0v) is 15.8. The molecule has 0 radical (unpaired) electrons. The normalized spacial score (nSPS) is 18.5. The molecular weight excluding hydrogens is 338 g/mol. The lowest BCUT2D eigenvalue weighted by molar-refractivity contribution is 0.104. The zero-order chi connectivity index (χ0) is 18.5. The summed E-state index contributed by atoms with van der Waals surface area (Å²) < 4.78 is 0. The molecule has 0 spiro atoms. The second kappa shape index (κ2) is 8.78. The first-order chi connectivity index (χ1) is 13.3. The summed E-state index contributed by atoms with van der Waals surface area (Å²) in [5.74, 6) is 0.835. The fourth-order valence-corrected chi connectivity index (χ4v) is 3.98. The van der Waals surface area contributed by atoms with Crippen LogP contribution in [0.5, 0.6) is 0 Å². The van der Waals surface area contributed by atoms with Crippen LogP contribution in [0, 0.1) is 0 Å². The van der Waals surface area contributed by atoms with Gasteiger partial charge in [-0.15, -0.1) is 0 Å². The van der Waals surface area contributed by atoms with Gasteiger partial charge in [0.05, 0.1) is 6.10 Å². The highest BCUT2D eigenvalue weighted by Crippen LogP contribution is 2.18. The minimum absolute atomic E-state index is 0.375. The number of aliphatic hydroxyl groups excluding tert-OH is 1. The van der Waals surface area contributed by atoms with Crippen molar-refractivity contribution in [3.8, 4) is 0 Å². The summed E-state index contributed by atoms with van der Waals surface area (Å²) in [6.45, 7) is 6.02. The van der Waals surface area contributed by atoms with Crippen LogP contribution in [-0.2, 0) is 19.5 Å². The third kappa shape index (κ3) is 4.83. The van der Waals surface area contributed by atoms with Gasteiger partial charge in [0.1, 0.15) is 0 Å². The summed E-state index contributed by atoms with van der Waals surface area (Å²) in [5.41, 5.74) is 3.88. The van der Waals surface area contributed by atoms with Crippen LogP contribution in [0.4, 0.5) is 5.95 Å². The number of hydrogen-bond acceptors (Lipinski definition) is 6. The Bertz CT molecular complexity index is 730. The Kier molecular flexibility index (Phi) is 5.97. The minimum Gasteiger partial charge on any atom is -0.390 e. The van der Waals surface area contributed by atoms with Crippen LogP contribution in [0.2, 0.25) is 0 Å². The third-order valence-corrected chi connectivity index (χ3v) is 5.47. The summed E-state index contributed by atoms with van der Waals surface area (Å²) in [5, 5.41) is 13.7. The number of hydrogen-bond donors (Lipinski definition) is 2. The average molecular weight is 367 g/mol. The maximum Gasteiger partial charge on any atom is 0.225 e. The minimum atomic E-state index is -0.375. The van der Waals surface area contributed by atoms with Gasteiger partial charge in [0, 0.05) is 63.8 Å². The number of nitrogens with zero attached hydrogens (tertiary/aromatic N) is 4. The first-order valence-electron chi connectivity index (χ1n) is 10.0. The van der Waals surface area contributed by atoms with Crippen molar-refractivity contribution in [1.82, 2.24) is 20.2 Å². The molecule has 1 atom stereocenters. The van der Waals surface area contributed by atoms with E-state index in [4.69, 9.17) is 0 Å². The molecule has 0 bridgehead atoms. The van der Waals surface area contributed by atoms with E-state index in [9.17, 15) is 5.11 Å². The van der Waals surface area contributed by atoms with Crippen molar-refractivity contribution in [2.45, 2.75) is 38.5 Å². The van der Waals surface area contributed by atoms with Crippen LogP contribution in [0.15, 0.2) is 36.7 Å². The standard InChI is InChI=1S/C21H29N5O/c27-20(16-25-10-7-18-5-1-2-6-19(18)15-25)14-22-11-17-12-23-21(24-13-17)26-8-3-4-9-26/h1-2,5-6,12-13,20,22,27H,3-4,7-11,14-16H2. The second-order valence-corrected chi connectivity index (χ2v) is 7.62. The van der Waals surface area contributed by atoms with E-state index in [-0.39, 0.29) is 6.10 Å². The lowest BCUT2D eigenvalue weighted by Crippen LogP contribution is -2.40. The van der Waals surface area contributed by atoms with Gasteiger partial charge >= 0.3 is 0 Å². The Morgan fingerprint density at radius 2 is 1.78 bits per heavy atom. The van der Waals surface area contributed by atoms with Gasteiger partial charge in [-0.2, -0.15) is 0 Å². The first kappa shape index (κ1) is 18.3. The molecule has 6 heteroatoms. The van der Waals surface area contributed by atoms with Crippen LogP contribution in [0.1, 0.15) is 29.5 Å². The number of fused-ring (bicyclic) bond motifs is 1. The van der Waals surface area contributed by atoms with E-state index in [1.54, 1.807) is 0 Å². The zero-order valence-electron chi connectivity index (χ0n) is 15.8. The summed E-state index contributed by atoms with van der Waals surface area (Å²) in [7, 11) is 0. The Hall–Kier alpha value is -2.02. The topological polar surface area (TPSA) is 64.5 Å². The number of aliphatic hydroxyl groups is 1. The Morgan fingerprint density at radius 1 is 1.04 bits per heavy atom. The van der Waals surface area contributed by atoms with E-state index < -0.39 is 0 Å². The monoisotopic (exact) mass is 367 g/mol. The predicted octanol–water partition coefficient (Wildman–Crippen LogP) is 1.59. The molecule has 1 fully saturated rings. The van der Waals surface area contributed by atoms with Crippen molar-refractivity contribution < 1.29 is 5.11 Å². The molecule has 1 unspecified atom stereocenters. The summed E-state index contributed by atoms with van der Waals surface area (Å²) in [6.07, 6.45) is 6.93. The summed E-state index contributed by atoms with van der Waals surface area (Å²) >= 11 is 0. The SMILES string of the molecule is OC(CNCc1cnc(N2CCCC2)nc1)CN1CCc2ccccc2C1. The van der Waals surface area contributed by atoms with Crippen molar-refractivity contribution >= 4 is 5.95 Å².